The van der Waals surface area contributed by atoms with Gasteiger partial charge in [-0.25, -0.2) is 5.26 Å². The van der Waals surface area contributed by atoms with Crippen molar-refractivity contribution in [3.63, 3.8) is 0 Å². The molecule has 0 aromatic heterocycles. The Labute approximate surface area is 185 Å². The predicted molar refractivity (Wildman–Crippen MR) is 111 cm³/mol. The third kappa shape index (κ3) is 5.05. The van der Waals surface area contributed by atoms with E-state index in [1.807, 2.05) is 0 Å². The smallest absolute Gasteiger partial charge is 0.296 e. The van der Waals surface area contributed by atoms with Crippen LogP contribution in [-0.2, 0) is 29.6 Å². The van der Waals surface area contributed by atoms with Crippen molar-refractivity contribution < 1.29 is 45.7 Å². The number of phenolic OH excluding ortho intramolecular Hbond substituents is 1. The van der Waals surface area contributed by atoms with Crippen LogP contribution in [0.15, 0.2) is 67.4 Å². The van der Waals surface area contributed by atoms with Crippen LogP contribution in [0.4, 0.5) is 11.4 Å². The van der Waals surface area contributed by atoms with Crippen LogP contribution < -0.4 is 0 Å². The van der Waals surface area contributed by atoms with Gasteiger partial charge in [-0.05, 0) is 48.2 Å². The molecule has 0 fully saturated rings. The molecular weight excluding hydrogens is 488 g/mol. The Balaban J connectivity index is 2.26. The first-order valence-corrected chi connectivity index (χ1v) is 12.0. The second kappa shape index (κ2) is 9.08. The van der Waals surface area contributed by atoms with Crippen molar-refractivity contribution in [2.45, 2.75) is 21.6 Å². The van der Waals surface area contributed by atoms with E-state index in [1.54, 1.807) is 0 Å². The van der Waals surface area contributed by atoms with Gasteiger partial charge in [0.05, 0.1) is 21.8 Å². The Kier molecular flexibility index (Phi) is 6.82. The largest absolute Gasteiger partial charge is 0.505 e. The van der Waals surface area contributed by atoms with Gasteiger partial charge >= 0.3 is 0 Å². The number of aryl methyl sites for hydroxylation is 1. The maximum atomic E-state index is 11.5. The van der Waals surface area contributed by atoms with E-state index in [9.17, 15) is 31.0 Å². The average molecular weight is 503 g/mol. The van der Waals surface area contributed by atoms with Crippen LogP contribution in [-0.4, -0.2) is 36.3 Å². The van der Waals surface area contributed by atoms with E-state index in [1.165, 1.54) is 31.2 Å². The lowest BCUT2D eigenvalue weighted by Crippen LogP contribution is -1.99. The second-order valence-corrected chi connectivity index (χ2v) is 9.81. The first-order chi connectivity index (χ1) is 14.9. The SMILES string of the molecule is Cc1cc(S(=O)(=O)O)cc2cc(SOOO)c(N=Nc3ccccc3S(=O)(=O)O)c(O)c12. The summed E-state index contributed by atoms with van der Waals surface area (Å²) in [5, 5.41) is 30.8. The van der Waals surface area contributed by atoms with Gasteiger partial charge in [-0.1, -0.05) is 17.2 Å². The molecular formula is C17H14N2O10S3. The highest BCUT2D eigenvalue weighted by molar-refractivity contribution is 7.94. The molecule has 0 aliphatic heterocycles. The van der Waals surface area contributed by atoms with Crippen molar-refractivity contribution in [3.8, 4) is 5.75 Å². The predicted octanol–water partition coefficient (Wildman–Crippen LogP) is 4.19. The van der Waals surface area contributed by atoms with Crippen LogP contribution in [0.25, 0.3) is 10.8 Å². The van der Waals surface area contributed by atoms with Gasteiger partial charge in [0.25, 0.3) is 20.2 Å². The van der Waals surface area contributed by atoms with E-state index < -0.39 is 35.8 Å². The third-order valence-corrected chi connectivity index (χ3v) is 6.53. The zero-order valence-corrected chi connectivity index (χ0v) is 18.3. The van der Waals surface area contributed by atoms with Gasteiger partial charge in [-0.2, -0.15) is 16.8 Å². The molecule has 3 aromatic carbocycles. The first-order valence-electron chi connectivity index (χ1n) is 8.34. The molecule has 0 aliphatic rings. The van der Waals surface area contributed by atoms with Crippen molar-refractivity contribution in [2.75, 3.05) is 0 Å². The Morgan fingerprint density at radius 3 is 2.28 bits per heavy atom. The zero-order valence-electron chi connectivity index (χ0n) is 15.9. The number of aromatic hydroxyl groups is 1. The topological polar surface area (TPSA) is 192 Å². The number of nitrogens with zero attached hydrogens (tertiary/aromatic N) is 2. The standard InChI is InChI=1S/C17H14N2O10S3/c1-9-6-11(31(22,23)24)7-10-8-13(30-29-28-21)16(17(20)15(9)10)19-18-12-4-2-3-5-14(12)32(25,26)27/h2-8,20-21H,1H3,(H,22,23,24)(H,25,26,27). The molecule has 0 saturated carbocycles. The molecule has 0 atom stereocenters. The minimum Gasteiger partial charge on any atom is -0.505 e. The molecule has 32 heavy (non-hydrogen) atoms. The maximum Gasteiger partial charge on any atom is 0.296 e. The molecule has 0 saturated heterocycles. The van der Waals surface area contributed by atoms with Gasteiger partial charge < -0.3 is 5.11 Å². The highest BCUT2D eigenvalue weighted by Gasteiger charge is 2.20. The van der Waals surface area contributed by atoms with Crippen LogP contribution in [0.3, 0.4) is 0 Å². The monoisotopic (exact) mass is 502 g/mol. The summed E-state index contributed by atoms with van der Waals surface area (Å²) in [7, 11) is -9.15. The first kappa shape index (κ1) is 24.0. The Morgan fingerprint density at radius 2 is 1.66 bits per heavy atom. The molecule has 0 bridgehead atoms. The maximum absolute atomic E-state index is 11.5. The Morgan fingerprint density at radius 1 is 0.969 bits per heavy atom. The number of benzene rings is 3. The Bertz CT molecular complexity index is 1440. The molecule has 0 amide bonds. The van der Waals surface area contributed by atoms with Gasteiger partial charge in [-0.3, -0.25) is 9.11 Å². The molecule has 4 N–H and O–H groups in total. The number of hydrogen-bond donors (Lipinski definition) is 4. The summed E-state index contributed by atoms with van der Waals surface area (Å²) < 4.78 is 69.2. The van der Waals surface area contributed by atoms with Crippen molar-refractivity contribution in [3.05, 3.63) is 48.0 Å². The van der Waals surface area contributed by atoms with Gasteiger partial charge in [-0.15, -0.1) is 14.6 Å². The van der Waals surface area contributed by atoms with Crippen LogP contribution in [0, 0.1) is 6.92 Å². The van der Waals surface area contributed by atoms with Crippen molar-refractivity contribution in [1.82, 2.24) is 0 Å². The highest BCUT2D eigenvalue weighted by atomic mass is 32.2. The van der Waals surface area contributed by atoms with E-state index in [-0.39, 0.29) is 32.6 Å². The van der Waals surface area contributed by atoms with E-state index in [4.69, 9.17) is 5.26 Å². The number of rotatable bonds is 7. The van der Waals surface area contributed by atoms with Gasteiger partial charge in [0.15, 0.2) is 5.75 Å². The fourth-order valence-electron chi connectivity index (χ4n) is 2.89. The lowest BCUT2D eigenvalue weighted by atomic mass is 10.0. The molecule has 170 valence electrons. The van der Waals surface area contributed by atoms with Crippen LogP contribution in [0.1, 0.15) is 5.56 Å². The number of azo groups is 1. The minimum absolute atomic E-state index is 0.0241. The van der Waals surface area contributed by atoms with Crippen LogP contribution in [0.5, 0.6) is 5.75 Å². The Hall–Kier alpha value is -2.63. The lowest BCUT2D eigenvalue weighted by Gasteiger charge is -2.12. The molecule has 0 heterocycles. The normalized spacial score (nSPS) is 12.6. The van der Waals surface area contributed by atoms with E-state index in [0.29, 0.717) is 12.0 Å². The number of phenols is 1. The molecule has 12 nitrogen and oxygen atoms in total. The molecule has 3 rings (SSSR count). The van der Waals surface area contributed by atoms with Crippen molar-refractivity contribution in [2.24, 2.45) is 10.2 Å². The van der Waals surface area contributed by atoms with Gasteiger partial charge in [0.2, 0.25) is 0 Å². The van der Waals surface area contributed by atoms with Crippen molar-refractivity contribution >= 4 is 54.4 Å². The van der Waals surface area contributed by atoms with Gasteiger partial charge in [0, 0.05) is 5.39 Å². The zero-order chi connectivity index (χ0) is 23.7. The van der Waals surface area contributed by atoms with E-state index >= 15 is 0 Å². The average Bonchev–Trinajstić information content (AvgIpc) is 2.70. The summed E-state index contributed by atoms with van der Waals surface area (Å²) in [6.45, 7) is 1.48. The third-order valence-electron chi connectivity index (χ3n) is 4.17. The molecule has 0 unspecified atom stereocenters. The summed E-state index contributed by atoms with van der Waals surface area (Å²) >= 11 is 0.375. The van der Waals surface area contributed by atoms with E-state index in [0.717, 1.165) is 18.2 Å². The lowest BCUT2D eigenvalue weighted by molar-refractivity contribution is -0.432. The summed E-state index contributed by atoms with van der Waals surface area (Å²) in [6, 6.07) is 8.70. The fourth-order valence-corrected chi connectivity index (χ4v) is 4.61. The highest BCUT2D eigenvalue weighted by Crippen LogP contribution is 2.45. The van der Waals surface area contributed by atoms with Crippen LogP contribution in [0.2, 0.25) is 0 Å². The quantitative estimate of drug-likeness (QED) is 0.119. The molecule has 0 spiro atoms. The van der Waals surface area contributed by atoms with Crippen molar-refractivity contribution in [1.29, 1.82) is 0 Å². The fraction of sp³-hybridized carbons (Fsp3) is 0.0588. The summed E-state index contributed by atoms with van der Waals surface area (Å²) in [5.74, 6) is -0.487. The van der Waals surface area contributed by atoms with Crippen LogP contribution >= 0.6 is 12.0 Å². The second-order valence-electron chi connectivity index (χ2n) is 6.25. The summed E-state index contributed by atoms with van der Waals surface area (Å²) in [4.78, 5) is -0.972. The summed E-state index contributed by atoms with van der Waals surface area (Å²) in [5.41, 5.74) is -0.214. The number of fused-ring (bicyclic) bond motifs is 1. The molecule has 3 aromatic rings. The molecule has 0 radical (unpaired) electrons. The summed E-state index contributed by atoms with van der Waals surface area (Å²) in [6.07, 6.45) is 0. The van der Waals surface area contributed by atoms with E-state index in [2.05, 4.69) is 19.6 Å². The molecule has 15 heteroatoms. The minimum atomic E-state index is -4.61. The molecule has 0 aliphatic carbocycles. The van der Waals surface area contributed by atoms with Gasteiger partial charge in [0.1, 0.15) is 16.3 Å². The number of hydrogen-bond acceptors (Lipinski definition) is 11.